The van der Waals surface area contributed by atoms with Crippen LogP contribution in [0.1, 0.15) is 52.5 Å². The molecule has 1 saturated carbocycles. The van der Waals surface area contributed by atoms with Gasteiger partial charge in [0.25, 0.3) is 0 Å². The minimum atomic E-state index is -1.82. The van der Waals surface area contributed by atoms with Gasteiger partial charge in [-0.05, 0) is 49.9 Å². The molecule has 8 heteroatoms. The molecule has 6 nitrogen and oxygen atoms in total. The van der Waals surface area contributed by atoms with E-state index < -0.39 is 19.4 Å². The van der Waals surface area contributed by atoms with Gasteiger partial charge in [0.15, 0.2) is 14.0 Å². The predicted molar refractivity (Wildman–Crippen MR) is 116 cm³/mol. The number of aryl methyl sites for hydroxylation is 1. The van der Waals surface area contributed by atoms with Crippen molar-refractivity contribution in [3.8, 4) is 0 Å². The molecule has 2 aromatic heterocycles. The molecule has 1 fully saturated rings. The first-order chi connectivity index (χ1) is 12.9. The maximum atomic E-state index is 12.8. The number of hydrogen-bond acceptors (Lipinski definition) is 4. The summed E-state index contributed by atoms with van der Waals surface area (Å²) in [6.45, 7) is 11.3. The summed E-state index contributed by atoms with van der Waals surface area (Å²) >= 11 is 6.06. The van der Waals surface area contributed by atoms with Gasteiger partial charge >= 0.3 is 11.1 Å². The highest BCUT2D eigenvalue weighted by molar-refractivity contribution is 6.74. The standard InChI is InChI=1S/C20H30ClN3O3Si/c1-20(2,3)28(5,6)27-15-9-7-14(8-10-15)24-17-16(11-13(21)12-22-17)23(4)18(25)19(24)26/h11-12,14-15H,7-10H2,1-6H3. The Balaban J connectivity index is 1.89. The van der Waals surface area contributed by atoms with Crippen LogP contribution in [0.25, 0.3) is 11.2 Å². The van der Waals surface area contributed by atoms with Gasteiger partial charge in [0, 0.05) is 25.4 Å². The van der Waals surface area contributed by atoms with Crippen LogP contribution in [0.3, 0.4) is 0 Å². The zero-order chi connectivity index (χ0) is 20.9. The van der Waals surface area contributed by atoms with Crippen LogP contribution in [0.5, 0.6) is 0 Å². The van der Waals surface area contributed by atoms with Gasteiger partial charge < -0.3 is 8.99 Å². The summed E-state index contributed by atoms with van der Waals surface area (Å²) in [5.41, 5.74) is 0.0387. The molecule has 0 radical (unpaired) electrons. The monoisotopic (exact) mass is 423 g/mol. The summed E-state index contributed by atoms with van der Waals surface area (Å²) in [5, 5.41) is 0.616. The Labute approximate surface area is 171 Å². The SMILES string of the molecule is Cn1c(=O)c(=O)n(C2CCC(O[Si](C)(C)C(C)(C)C)CC2)c2ncc(Cl)cc21. The number of pyridine rings is 1. The van der Waals surface area contributed by atoms with E-state index in [4.69, 9.17) is 16.0 Å². The number of aromatic nitrogens is 3. The van der Waals surface area contributed by atoms with Gasteiger partial charge in [-0.2, -0.15) is 0 Å². The Kier molecular flexibility index (Phi) is 5.64. The molecule has 28 heavy (non-hydrogen) atoms. The molecular weight excluding hydrogens is 394 g/mol. The molecule has 0 aromatic carbocycles. The van der Waals surface area contributed by atoms with Crippen LogP contribution in [-0.4, -0.2) is 28.5 Å². The minimum Gasteiger partial charge on any atom is -0.414 e. The third kappa shape index (κ3) is 3.84. The van der Waals surface area contributed by atoms with Gasteiger partial charge in [0.1, 0.15) is 0 Å². The summed E-state index contributed by atoms with van der Waals surface area (Å²) in [6.07, 6.45) is 5.10. The predicted octanol–water partition coefficient (Wildman–Crippen LogP) is 4.25. The zero-order valence-corrected chi connectivity index (χ0v) is 19.3. The summed E-state index contributed by atoms with van der Waals surface area (Å²) in [6, 6.07) is 1.64. The second kappa shape index (κ2) is 7.43. The van der Waals surface area contributed by atoms with Crippen LogP contribution >= 0.6 is 11.6 Å². The molecule has 0 aliphatic heterocycles. The Hall–Kier alpha value is -1.44. The van der Waals surface area contributed by atoms with Crippen LogP contribution in [-0.2, 0) is 11.5 Å². The lowest BCUT2D eigenvalue weighted by atomic mass is 9.93. The van der Waals surface area contributed by atoms with E-state index in [0.717, 1.165) is 25.7 Å². The first-order valence-corrected chi connectivity index (χ1v) is 13.2. The summed E-state index contributed by atoms with van der Waals surface area (Å²) in [4.78, 5) is 29.6. The summed E-state index contributed by atoms with van der Waals surface area (Å²) in [7, 11) is -0.238. The van der Waals surface area contributed by atoms with E-state index in [-0.39, 0.29) is 17.2 Å². The average molecular weight is 424 g/mol. The molecule has 3 rings (SSSR count). The van der Waals surface area contributed by atoms with Gasteiger partial charge in [0.2, 0.25) is 0 Å². The van der Waals surface area contributed by atoms with Crippen molar-refractivity contribution < 1.29 is 4.43 Å². The van der Waals surface area contributed by atoms with E-state index >= 15 is 0 Å². The Morgan fingerprint density at radius 3 is 2.32 bits per heavy atom. The highest BCUT2D eigenvalue weighted by atomic mass is 35.5. The van der Waals surface area contributed by atoms with Crippen molar-refractivity contribution in [3.05, 3.63) is 38.0 Å². The molecule has 0 atom stereocenters. The molecule has 0 unspecified atom stereocenters. The Bertz CT molecular complexity index is 999. The van der Waals surface area contributed by atoms with Crippen molar-refractivity contribution in [2.75, 3.05) is 0 Å². The largest absolute Gasteiger partial charge is 0.414 e. The lowest BCUT2D eigenvalue weighted by Crippen LogP contribution is -2.46. The fraction of sp³-hybridized carbons (Fsp3) is 0.650. The molecule has 2 aromatic rings. The van der Waals surface area contributed by atoms with Gasteiger partial charge in [-0.1, -0.05) is 32.4 Å². The first-order valence-electron chi connectivity index (χ1n) is 9.87. The highest BCUT2D eigenvalue weighted by Gasteiger charge is 2.40. The molecule has 0 saturated heterocycles. The maximum absolute atomic E-state index is 12.8. The normalized spacial score (nSPS) is 21.2. The van der Waals surface area contributed by atoms with Crippen LogP contribution in [0.2, 0.25) is 23.2 Å². The zero-order valence-electron chi connectivity index (χ0n) is 17.6. The van der Waals surface area contributed by atoms with Crippen LogP contribution < -0.4 is 11.1 Å². The molecular formula is C20H30ClN3O3Si. The molecule has 154 valence electrons. The third-order valence-corrected chi connectivity index (χ3v) is 11.1. The van der Waals surface area contributed by atoms with Crippen molar-refractivity contribution in [3.63, 3.8) is 0 Å². The van der Waals surface area contributed by atoms with Crippen molar-refractivity contribution >= 4 is 31.1 Å². The molecule has 0 N–H and O–H groups in total. The maximum Gasteiger partial charge on any atom is 0.318 e. The highest BCUT2D eigenvalue weighted by Crippen LogP contribution is 2.40. The van der Waals surface area contributed by atoms with E-state index in [1.807, 2.05) is 0 Å². The first kappa shape index (κ1) is 21.3. The number of nitrogens with zero attached hydrogens (tertiary/aromatic N) is 3. The average Bonchev–Trinajstić information content (AvgIpc) is 2.60. The van der Waals surface area contributed by atoms with E-state index in [0.29, 0.717) is 16.2 Å². The smallest absolute Gasteiger partial charge is 0.318 e. The Morgan fingerprint density at radius 1 is 1.14 bits per heavy atom. The summed E-state index contributed by atoms with van der Waals surface area (Å²) < 4.78 is 9.47. The van der Waals surface area contributed by atoms with E-state index in [2.05, 4.69) is 38.8 Å². The number of rotatable bonds is 3. The number of fused-ring (bicyclic) bond motifs is 1. The minimum absolute atomic E-state index is 0.0446. The van der Waals surface area contributed by atoms with E-state index in [1.165, 1.54) is 10.8 Å². The fourth-order valence-electron chi connectivity index (χ4n) is 3.66. The Morgan fingerprint density at radius 2 is 1.75 bits per heavy atom. The molecule has 0 amide bonds. The number of halogens is 1. The second-order valence-electron chi connectivity index (χ2n) is 9.34. The van der Waals surface area contributed by atoms with Gasteiger partial charge in [0.05, 0.1) is 10.5 Å². The van der Waals surface area contributed by atoms with Crippen LogP contribution in [0.4, 0.5) is 0 Å². The quantitative estimate of drug-likeness (QED) is 0.546. The van der Waals surface area contributed by atoms with Crippen molar-refractivity contribution in [2.24, 2.45) is 7.05 Å². The summed E-state index contributed by atoms with van der Waals surface area (Å²) in [5.74, 6) is 0. The topological polar surface area (TPSA) is 66.1 Å². The molecule has 1 aliphatic rings. The van der Waals surface area contributed by atoms with Crippen molar-refractivity contribution in [2.45, 2.75) is 76.7 Å². The lowest BCUT2D eigenvalue weighted by molar-refractivity contribution is 0.118. The molecule has 0 spiro atoms. The molecule has 0 bridgehead atoms. The molecule has 1 aliphatic carbocycles. The van der Waals surface area contributed by atoms with Gasteiger partial charge in [-0.25, -0.2) is 4.98 Å². The second-order valence-corrected chi connectivity index (χ2v) is 14.5. The van der Waals surface area contributed by atoms with Crippen LogP contribution in [0.15, 0.2) is 21.9 Å². The van der Waals surface area contributed by atoms with E-state index in [9.17, 15) is 9.59 Å². The number of hydrogen-bond donors (Lipinski definition) is 0. The fourth-order valence-corrected chi connectivity index (χ4v) is 5.23. The van der Waals surface area contributed by atoms with Crippen molar-refractivity contribution in [1.82, 2.24) is 14.1 Å². The third-order valence-electron chi connectivity index (χ3n) is 6.39. The van der Waals surface area contributed by atoms with Crippen LogP contribution in [0, 0.1) is 0 Å². The van der Waals surface area contributed by atoms with E-state index in [1.54, 1.807) is 17.7 Å². The van der Waals surface area contributed by atoms with Gasteiger partial charge in [-0.15, -0.1) is 0 Å². The lowest BCUT2D eigenvalue weighted by Gasteiger charge is -2.41. The molecule has 2 heterocycles. The van der Waals surface area contributed by atoms with Crippen molar-refractivity contribution in [1.29, 1.82) is 0 Å². The van der Waals surface area contributed by atoms with Gasteiger partial charge in [-0.3, -0.25) is 14.2 Å².